The second-order valence-corrected chi connectivity index (χ2v) is 12.4. The number of phenols is 1. The van der Waals surface area contributed by atoms with Gasteiger partial charge in [0.25, 0.3) is 0 Å². The van der Waals surface area contributed by atoms with Crippen molar-refractivity contribution < 1.29 is 36.7 Å². The fraction of sp³-hybridized carbons (Fsp3) is 0.371. The molecule has 3 aromatic rings. The minimum absolute atomic E-state index is 0.0868. The molecule has 0 amide bonds. The van der Waals surface area contributed by atoms with E-state index < -0.39 is 10.1 Å². The lowest BCUT2D eigenvalue weighted by Gasteiger charge is -2.19. The Balaban J connectivity index is 0.000000342. The molecule has 240 valence electrons. The number of aromatic hydroxyl groups is 1. The van der Waals surface area contributed by atoms with E-state index in [0.717, 1.165) is 33.4 Å². The molecule has 0 aliphatic heterocycles. The second-order valence-electron chi connectivity index (χ2n) is 10.8. The summed E-state index contributed by atoms with van der Waals surface area (Å²) in [6.07, 6.45) is 5.31. The number of methoxy groups -OCH3 is 4. The van der Waals surface area contributed by atoms with E-state index in [0.29, 0.717) is 30.1 Å². The molecule has 44 heavy (non-hydrogen) atoms. The molecule has 0 atom stereocenters. The fourth-order valence-corrected chi connectivity index (χ4v) is 5.30. The van der Waals surface area contributed by atoms with E-state index in [-0.39, 0.29) is 22.1 Å². The molecule has 9 heteroatoms. The van der Waals surface area contributed by atoms with Gasteiger partial charge in [-0.15, -0.1) is 0 Å². The smallest absolute Gasteiger partial charge is 0.339 e. The number of hydrogen-bond donors (Lipinski definition) is 1. The SMILES string of the molecule is COc1cc(C)c(CC=C(C)C)c(O)c1OC.COc1cc(C)c(CC=C(C)C)c(OS(=O)(=O)c2ccc(C)cc2)c1OC. The van der Waals surface area contributed by atoms with Gasteiger partial charge in [0, 0.05) is 11.1 Å². The average Bonchev–Trinajstić information content (AvgIpc) is 2.96. The number of benzene rings is 3. The molecule has 1 N–H and O–H groups in total. The lowest BCUT2D eigenvalue weighted by atomic mass is 10.0. The Morgan fingerprint density at radius 2 is 1.14 bits per heavy atom. The molecule has 0 aliphatic rings. The maximum absolute atomic E-state index is 12.8. The third-order valence-electron chi connectivity index (χ3n) is 6.86. The summed E-state index contributed by atoms with van der Waals surface area (Å²) < 4.78 is 52.4. The molecular weight excluding hydrogens is 580 g/mol. The number of aryl methyl sites for hydroxylation is 3. The number of hydrogen-bond acceptors (Lipinski definition) is 8. The summed E-state index contributed by atoms with van der Waals surface area (Å²) in [4.78, 5) is 0.0868. The molecule has 8 nitrogen and oxygen atoms in total. The van der Waals surface area contributed by atoms with Crippen molar-refractivity contribution >= 4 is 10.1 Å². The third-order valence-corrected chi connectivity index (χ3v) is 8.09. The molecule has 3 aromatic carbocycles. The molecule has 3 rings (SSSR count). The summed E-state index contributed by atoms with van der Waals surface area (Å²) in [5.74, 6) is 1.97. The minimum atomic E-state index is -4.02. The molecule has 0 unspecified atom stereocenters. The average molecular weight is 627 g/mol. The van der Waals surface area contributed by atoms with Gasteiger partial charge in [0.05, 0.1) is 28.4 Å². The van der Waals surface area contributed by atoms with Gasteiger partial charge in [0.2, 0.25) is 11.5 Å². The molecular formula is C35H46O8S. The van der Waals surface area contributed by atoms with Crippen LogP contribution in [0.3, 0.4) is 0 Å². The van der Waals surface area contributed by atoms with E-state index >= 15 is 0 Å². The Morgan fingerprint density at radius 3 is 1.59 bits per heavy atom. The first-order valence-electron chi connectivity index (χ1n) is 14.2. The Hall–Kier alpha value is -4.11. The Morgan fingerprint density at radius 1 is 0.682 bits per heavy atom. The first kappa shape index (κ1) is 36.1. The summed E-state index contributed by atoms with van der Waals surface area (Å²) in [5, 5.41) is 10.2. The summed E-state index contributed by atoms with van der Waals surface area (Å²) >= 11 is 0. The number of rotatable bonds is 11. The number of phenolic OH excluding ortho intramolecular Hbond substituents is 1. The van der Waals surface area contributed by atoms with Crippen molar-refractivity contribution in [2.75, 3.05) is 28.4 Å². The van der Waals surface area contributed by atoms with E-state index in [2.05, 4.69) is 6.08 Å². The summed E-state index contributed by atoms with van der Waals surface area (Å²) in [5.41, 5.74) is 6.79. The van der Waals surface area contributed by atoms with Gasteiger partial charge in [-0.25, -0.2) is 0 Å². The molecule has 0 aromatic heterocycles. The second kappa shape index (κ2) is 16.1. The zero-order chi connectivity index (χ0) is 33.2. The van der Waals surface area contributed by atoms with Gasteiger partial charge in [-0.3, -0.25) is 0 Å². The highest BCUT2D eigenvalue weighted by atomic mass is 32.2. The summed E-state index contributed by atoms with van der Waals surface area (Å²) in [6.45, 7) is 13.8. The van der Waals surface area contributed by atoms with E-state index in [4.69, 9.17) is 23.1 Å². The predicted molar refractivity (Wildman–Crippen MR) is 175 cm³/mol. The Kier molecular flexibility index (Phi) is 13.2. The number of ether oxygens (including phenoxy) is 4. The quantitative estimate of drug-likeness (QED) is 0.170. The van der Waals surface area contributed by atoms with Crippen LogP contribution >= 0.6 is 0 Å². The molecule has 0 heterocycles. The normalized spacial score (nSPS) is 10.6. The standard InChI is InChI=1S/C21H26O5S.C14H20O3/c1-14(2)7-12-18-16(4)13-19(24-5)21(25-6)20(18)26-27(22,23)17-10-8-15(3)9-11-17;1-9(2)6-7-11-10(3)8-12(16-4)14(17-5)13(11)15/h7-11,13H,12H2,1-6H3;6,8,15H,7H2,1-5H3. The van der Waals surface area contributed by atoms with Gasteiger partial charge in [-0.2, -0.15) is 8.42 Å². The fourth-order valence-electron chi connectivity index (χ4n) is 4.34. The zero-order valence-electron chi connectivity index (χ0n) is 27.7. The topological polar surface area (TPSA) is 101 Å². The van der Waals surface area contributed by atoms with Crippen LogP contribution in [0.2, 0.25) is 0 Å². The van der Waals surface area contributed by atoms with E-state index in [9.17, 15) is 13.5 Å². The van der Waals surface area contributed by atoms with Gasteiger partial charge in [-0.1, -0.05) is 41.0 Å². The van der Waals surface area contributed by atoms with Crippen molar-refractivity contribution in [2.24, 2.45) is 0 Å². The maximum atomic E-state index is 12.8. The van der Waals surface area contributed by atoms with Crippen LogP contribution in [0.1, 0.15) is 55.5 Å². The Labute approximate surface area is 263 Å². The van der Waals surface area contributed by atoms with Gasteiger partial charge in [0.1, 0.15) is 4.90 Å². The van der Waals surface area contributed by atoms with Crippen LogP contribution in [0.5, 0.6) is 34.5 Å². The first-order valence-corrected chi connectivity index (χ1v) is 15.6. The van der Waals surface area contributed by atoms with Crippen molar-refractivity contribution in [3.63, 3.8) is 0 Å². The summed E-state index contributed by atoms with van der Waals surface area (Å²) in [7, 11) is 2.03. The molecule has 0 radical (unpaired) electrons. The highest BCUT2D eigenvalue weighted by molar-refractivity contribution is 7.87. The van der Waals surface area contributed by atoms with Gasteiger partial charge in [-0.05, 0) is 96.7 Å². The molecule has 0 saturated heterocycles. The highest BCUT2D eigenvalue weighted by Crippen LogP contribution is 2.44. The van der Waals surface area contributed by atoms with Crippen LogP contribution in [0.15, 0.2) is 64.6 Å². The van der Waals surface area contributed by atoms with Crippen LogP contribution in [0.4, 0.5) is 0 Å². The van der Waals surface area contributed by atoms with Crippen molar-refractivity contribution in [3.8, 4) is 34.5 Å². The lowest BCUT2D eigenvalue weighted by Crippen LogP contribution is -2.13. The minimum Gasteiger partial charge on any atom is -0.504 e. The molecule has 0 spiro atoms. The van der Waals surface area contributed by atoms with Crippen LogP contribution in [0.25, 0.3) is 0 Å². The van der Waals surface area contributed by atoms with E-state index in [1.54, 1.807) is 19.2 Å². The molecule has 0 fully saturated rings. The third kappa shape index (κ3) is 9.19. The van der Waals surface area contributed by atoms with Gasteiger partial charge < -0.3 is 28.2 Å². The van der Waals surface area contributed by atoms with Crippen molar-refractivity contribution in [2.45, 2.75) is 66.2 Å². The van der Waals surface area contributed by atoms with E-state index in [1.165, 1.54) is 39.0 Å². The monoisotopic (exact) mass is 626 g/mol. The van der Waals surface area contributed by atoms with Crippen LogP contribution in [-0.4, -0.2) is 42.0 Å². The summed E-state index contributed by atoms with van der Waals surface area (Å²) in [6, 6.07) is 10.2. The van der Waals surface area contributed by atoms with Gasteiger partial charge >= 0.3 is 10.1 Å². The zero-order valence-corrected chi connectivity index (χ0v) is 28.6. The molecule has 0 aliphatic carbocycles. The molecule has 0 saturated carbocycles. The number of allylic oxidation sites excluding steroid dienone is 4. The predicted octanol–water partition coefficient (Wildman–Crippen LogP) is 7.82. The van der Waals surface area contributed by atoms with Crippen molar-refractivity contribution in [3.05, 3.63) is 87.5 Å². The van der Waals surface area contributed by atoms with Crippen LogP contribution in [-0.2, 0) is 23.0 Å². The van der Waals surface area contributed by atoms with Crippen molar-refractivity contribution in [1.29, 1.82) is 0 Å². The largest absolute Gasteiger partial charge is 0.504 e. The highest BCUT2D eigenvalue weighted by Gasteiger charge is 2.25. The maximum Gasteiger partial charge on any atom is 0.339 e. The lowest BCUT2D eigenvalue weighted by molar-refractivity contribution is 0.331. The van der Waals surface area contributed by atoms with E-state index in [1.807, 2.05) is 66.7 Å². The van der Waals surface area contributed by atoms with Crippen LogP contribution < -0.4 is 23.1 Å². The first-order chi connectivity index (χ1) is 20.7. The Bertz CT molecular complexity index is 1590. The van der Waals surface area contributed by atoms with Crippen molar-refractivity contribution in [1.82, 2.24) is 0 Å². The van der Waals surface area contributed by atoms with Gasteiger partial charge in [0.15, 0.2) is 23.0 Å². The van der Waals surface area contributed by atoms with Crippen LogP contribution in [0, 0.1) is 20.8 Å². The molecule has 0 bridgehead atoms.